The summed E-state index contributed by atoms with van der Waals surface area (Å²) >= 11 is 1.60. The predicted octanol–water partition coefficient (Wildman–Crippen LogP) is 2.02. The maximum absolute atomic E-state index is 9.33. The summed E-state index contributed by atoms with van der Waals surface area (Å²) in [7, 11) is 1.89. The van der Waals surface area contributed by atoms with E-state index in [2.05, 4.69) is 10.1 Å². The molecular weight excluding hydrogens is 222 g/mol. The van der Waals surface area contributed by atoms with Crippen molar-refractivity contribution in [3.8, 4) is 0 Å². The monoisotopic (exact) mass is 235 g/mol. The van der Waals surface area contributed by atoms with Crippen molar-refractivity contribution >= 4 is 11.8 Å². The summed E-state index contributed by atoms with van der Waals surface area (Å²) in [5.41, 5.74) is 0.690. The molecule has 0 saturated heterocycles. The molecule has 0 radical (unpaired) electrons. The fourth-order valence-electron chi connectivity index (χ4n) is 1.29. The standard InChI is InChI=1S/C11H13N3OS/c1-8(15)11-4-3-9(5-12-11)16-10-6-13-14(2)7-10/h3-8,15H,1-2H3. The molecule has 1 atom stereocenters. The Morgan fingerprint density at radius 2 is 2.12 bits per heavy atom. The van der Waals surface area contributed by atoms with Gasteiger partial charge in [0.25, 0.3) is 0 Å². The van der Waals surface area contributed by atoms with Crippen molar-refractivity contribution < 1.29 is 5.11 Å². The third-order valence-corrected chi connectivity index (χ3v) is 3.03. The van der Waals surface area contributed by atoms with E-state index in [1.807, 2.05) is 31.6 Å². The molecule has 84 valence electrons. The number of aromatic nitrogens is 3. The van der Waals surface area contributed by atoms with Gasteiger partial charge in [-0.15, -0.1) is 0 Å². The number of aliphatic hydroxyl groups is 1. The van der Waals surface area contributed by atoms with Crippen LogP contribution in [0.5, 0.6) is 0 Å². The van der Waals surface area contributed by atoms with Crippen molar-refractivity contribution in [3.05, 3.63) is 36.4 Å². The van der Waals surface area contributed by atoms with Gasteiger partial charge in [-0.1, -0.05) is 11.8 Å². The lowest BCUT2D eigenvalue weighted by molar-refractivity contribution is 0.194. The van der Waals surface area contributed by atoms with Gasteiger partial charge < -0.3 is 5.11 Å². The van der Waals surface area contributed by atoms with E-state index in [1.54, 1.807) is 29.6 Å². The molecular formula is C11H13N3OS. The third kappa shape index (κ3) is 2.62. The van der Waals surface area contributed by atoms with Crippen molar-refractivity contribution in [3.63, 3.8) is 0 Å². The normalized spacial score (nSPS) is 12.7. The van der Waals surface area contributed by atoms with Crippen molar-refractivity contribution in [2.45, 2.75) is 22.8 Å². The Morgan fingerprint density at radius 1 is 1.31 bits per heavy atom. The van der Waals surface area contributed by atoms with E-state index in [4.69, 9.17) is 0 Å². The molecule has 1 unspecified atom stereocenters. The van der Waals surface area contributed by atoms with Crippen LogP contribution in [-0.2, 0) is 7.05 Å². The number of aliphatic hydroxyl groups excluding tert-OH is 1. The van der Waals surface area contributed by atoms with Crippen LogP contribution in [0.3, 0.4) is 0 Å². The minimum Gasteiger partial charge on any atom is -0.387 e. The molecule has 2 aromatic rings. The zero-order valence-corrected chi connectivity index (χ0v) is 9.98. The van der Waals surface area contributed by atoms with Gasteiger partial charge in [-0.05, 0) is 19.1 Å². The molecule has 0 aromatic carbocycles. The van der Waals surface area contributed by atoms with Crippen molar-refractivity contribution in [2.24, 2.45) is 7.05 Å². The van der Waals surface area contributed by atoms with Crippen LogP contribution >= 0.6 is 11.8 Å². The highest BCUT2D eigenvalue weighted by atomic mass is 32.2. The molecule has 0 amide bonds. The first kappa shape index (κ1) is 11.2. The summed E-state index contributed by atoms with van der Waals surface area (Å²) in [4.78, 5) is 6.30. The largest absolute Gasteiger partial charge is 0.387 e. The van der Waals surface area contributed by atoms with Gasteiger partial charge in [-0.2, -0.15) is 5.10 Å². The number of hydrogen-bond acceptors (Lipinski definition) is 4. The Morgan fingerprint density at radius 3 is 2.62 bits per heavy atom. The van der Waals surface area contributed by atoms with Crippen LogP contribution in [0, 0.1) is 0 Å². The lowest BCUT2D eigenvalue weighted by Gasteiger charge is -2.03. The summed E-state index contributed by atoms with van der Waals surface area (Å²) < 4.78 is 1.76. The molecule has 0 aliphatic heterocycles. The van der Waals surface area contributed by atoms with Gasteiger partial charge in [0.1, 0.15) is 0 Å². The highest BCUT2D eigenvalue weighted by molar-refractivity contribution is 7.99. The first-order valence-electron chi connectivity index (χ1n) is 4.95. The van der Waals surface area contributed by atoms with Crippen molar-refractivity contribution in [1.82, 2.24) is 14.8 Å². The summed E-state index contributed by atoms with van der Waals surface area (Å²) in [6, 6.07) is 3.79. The molecule has 0 fully saturated rings. The highest BCUT2D eigenvalue weighted by Gasteiger charge is 2.03. The Bertz CT molecular complexity index is 464. The first-order chi connectivity index (χ1) is 7.65. The quantitative estimate of drug-likeness (QED) is 0.884. The number of hydrogen-bond donors (Lipinski definition) is 1. The first-order valence-corrected chi connectivity index (χ1v) is 5.77. The fraction of sp³-hybridized carbons (Fsp3) is 0.273. The van der Waals surface area contributed by atoms with Crippen LogP contribution in [0.4, 0.5) is 0 Å². The second kappa shape index (κ2) is 4.67. The second-order valence-electron chi connectivity index (χ2n) is 3.55. The fourth-order valence-corrected chi connectivity index (χ4v) is 2.11. The molecule has 0 aliphatic rings. The van der Waals surface area contributed by atoms with Crippen LogP contribution in [-0.4, -0.2) is 19.9 Å². The van der Waals surface area contributed by atoms with Crippen LogP contribution in [0.15, 0.2) is 40.5 Å². The van der Waals surface area contributed by atoms with Gasteiger partial charge in [0.05, 0.1) is 22.9 Å². The van der Waals surface area contributed by atoms with Crippen molar-refractivity contribution in [2.75, 3.05) is 0 Å². The smallest absolute Gasteiger partial charge is 0.0931 e. The molecule has 0 spiro atoms. The topological polar surface area (TPSA) is 50.9 Å². The average Bonchev–Trinajstić information content (AvgIpc) is 2.65. The van der Waals surface area contributed by atoms with Crippen LogP contribution in [0.25, 0.3) is 0 Å². The average molecular weight is 235 g/mol. The van der Waals surface area contributed by atoms with Gasteiger partial charge >= 0.3 is 0 Å². The number of rotatable bonds is 3. The Kier molecular flexibility index (Phi) is 3.26. The van der Waals surface area contributed by atoms with Crippen LogP contribution in [0.1, 0.15) is 18.7 Å². The Labute approximate surface area is 98.3 Å². The highest BCUT2D eigenvalue weighted by Crippen LogP contribution is 2.26. The molecule has 2 rings (SSSR count). The number of pyridine rings is 1. The maximum Gasteiger partial charge on any atom is 0.0931 e. The van der Waals surface area contributed by atoms with Crippen LogP contribution in [0.2, 0.25) is 0 Å². The van der Waals surface area contributed by atoms with Gasteiger partial charge in [0.15, 0.2) is 0 Å². The Balaban J connectivity index is 2.11. The van der Waals surface area contributed by atoms with E-state index in [0.717, 1.165) is 9.79 Å². The molecule has 4 nitrogen and oxygen atoms in total. The zero-order valence-electron chi connectivity index (χ0n) is 9.16. The third-order valence-electron chi connectivity index (χ3n) is 2.10. The summed E-state index contributed by atoms with van der Waals surface area (Å²) in [6.07, 6.45) is 5.01. The summed E-state index contributed by atoms with van der Waals surface area (Å²) in [5, 5.41) is 13.4. The molecule has 16 heavy (non-hydrogen) atoms. The van der Waals surface area contributed by atoms with Crippen LogP contribution < -0.4 is 0 Å². The van der Waals surface area contributed by atoms with Gasteiger partial charge in [-0.3, -0.25) is 9.67 Å². The van der Waals surface area contributed by atoms with Gasteiger partial charge in [0.2, 0.25) is 0 Å². The number of aryl methyl sites for hydroxylation is 1. The summed E-state index contributed by atoms with van der Waals surface area (Å²) in [6.45, 7) is 1.70. The SMILES string of the molecule is CC(O)c1ccc(Sc2cnn(C)c2)cn1. The number of nitrogens with zero attached hydrogens (tertiary/aromatic N) is 3. The minimum absolute atomic E-state index is 0.516. The minimum atomic E-state index is -0.516. The maximum atomic E-state index is 9.33. The molecule has 0 bridgehead atoms. The van der Waals surface area contributed by atoms with E-state index in [-0.39, 0.29) is 0 Å². The van der Waals surface area contributed by atoms with E-state index in [1.165, 1.54) is 0 Å². The van der Waals surface area contributed by atoms with E-state index in [0.29, 0.717) is 5.69 Å². The van der Waals surface area contributed by atoms with Gasteiger partial charge in [-0.25, -0.2) is 0 Å². The predicted molar refractivity (Wildman–Crippen MR) is 62.2 cm³/mol. The Hall–Kier alpha value is -1.33. The molecule has 0 aliphatic carbocycles. The molecule has 5 heteroatoms. The molecule has 2 aromatic heterocycles. The lowest BCUT2D eigenvalue weighted by Crippen LogP contribution is -1.94. The van der Waals surface area contributed by atoms with E-state index >= 15 is 0 Å². The molecule has 1 N–H and O–H groups in total. The summed E-state index contributed by atoms with van der Waals surface area (Å²) in [5.74, 6) is 0. The van der Waals surface area contributed by atoms with Crippen molar-refractivity contribution in [1.29, 1.82) is 0 Å². The van der Waals surface area contributed by atoms with E-state index < -0.39 is 6.10 Å². The zero-order chi connectivity index (χ0) is 11.5. The lowest BCUT2D eigenvalue weighted by atomic mass is 10.2. The van der Waals surface area contributed by atoms with E-state index in [9.17, 15) is 5.11 Å². The second-order valence-corrected chi connectivity index (χ2v) is 4.69. The molecule has 2 heterocycles. The van der Waals surface area contributed by atoms with Gasteiger partial charge in [0, 0.05) is 24.3 Å². The molecule has 0 saturated carbocycles.